The highest BCUT2D eigenvalue weighted by atomic mass is 19.1. The van der Waals surface area contributed by atoms with Crippen LogP contribution in [-0.2, 0) is 4.74 Å². The van der Waals surface area contributed by atoms with Crippen molar-refractivity contribution < 1.29 is 18.7 Å². The molecule has 1 saturated heterocycles. The summed E-state index contributed by atoms with van der Waals surface area (Å²) in [4.78, 5) is 24.9. The second kappa shape index (κ2) is 11.1. The molecule has 0 N–H and O–H groups in total. The zero-order valence-corrected chi connectivity index (χ0v) is 22.1. The van der Waals surface area contributed by atoms with Crippen molar-refractivity contribution in [3.63, 3.8) is 0 Å². The fourth-order valence-corrected chi connectivity index (χ4v) is 5.00. The van der Waals surface area contributed by atoms with E-state index in [0.29, 0.717) is 46.6 Å². The molecule has 1 aliphatic heterocycles. The van der Waals surface area contributed by atoms with Crippen LogP contribution >= 0.6 is 0 Å². The molecular formula is C29H29FN6O3. The predicted octanol–water partition coefficient (Wildman–Crippen LogP) is 5.00. The van der Waals surface area contributed by atoms with E-state index in [0.717, 1.165) is 36.4 Å². The standard InChI is InChI=1S/C29H29FN6O3/c1-34-13-4-5-20(17-34)18-39-28-33-26(21-8-6-19(16-31)7-9-21)25(27-32-12-14-36(27)28)22-10-11-24(23(30)15-22)35(2)29(37)38-3/h6-12,14-15,20H,4-5,13,17-18H2,1-3H3/t20-/m1/s1. The molecule has 1 fully saturated rings. The number of nitriles is 1. The number of aromatic nitrogens is 3. The van der Waals surface area contributed by atoms with E-state index in [-0.39, 0.29) is 5.69 Å². The lowest BCUT2D eigenvalue weighted by Crippen LogP contribution is -2.35. The van der Waals surface area contributed by atoms with Crippen LogP contribution in [0.25, 0.3) is 28.0 Å². The summed E-state index contributed by atoms with van der Waals surface area (Å²) in [7, 11) is 4.80. The molecule has 0 radical (unpaired) electrons. The number of piperidine rings is 1. The average molecular weight is 529 g/mol. The Kier molecular flexibility index (Phi) is 7.43. The van der Waals surface area contributed by atoms with Gasteiger partial charge in [-0.1, -0.05) is 18.2 Å². The highest BCUT2D eigenvalue weighted by molar-refractivity contribution is 5.92. The molecular weight excluding hydrogens is 499 g/mol. The van der Waals surface area contributed by atoms with Gasteiger partial charge in [0.2, 0.25) is 0 Å². The first-order valence-corrected chi connectivity index (χ1v) is 12.7. The summed E-state index contributed by atoms with van der Waals surface area (Å²) in [5.41, 5.74) is 3.54. The summed E-state index contributed by atoms with van der Waals surface area (Å²) in [6, 6.07) is 14.1. The van der Waals surface area contributed by atoms with Crippen LogP contribution in [0.5, 0.6) is 6.01 Å². The lowest BCUT2D eigenvalue weighted by molar-refractivity contribution is 0.143. The summed E-state index contributed by atoms with van der Waals surface area (Å²) >= 11 is 0. The zero-order valence-electron chi connectivity index (χ0n) is 22.1. The lowest BCUT2D eigenvalue weighted by Gasteiger charge is -2.29. The Morgan fingerprint density at radius 1 is 1.23 bits per heavy atom. The summed E-state index contributed by atoms with van der Waals surface area (Å²) in [5.74, 6) is -0.215. The number of anilines is 1. The SMILES string of the molecule is COC(=O)N(C)c1ccc(-c2c(-c3ccc(C#N)cc3)nc(OC[C@@H]3CCCN(C)C3)n3ccnc23)cc1F. The number of halogens is 1. The first-order valence-electron chi connectivity index (χ1n) is 12.7. The number of carbonyl (C=O) groups excluding carboxylic acids is 1. The molecule has 0 bridgehead atoms. The van der Waals surface area contributed by atoms with Gasteiger partial charge in [0.15, 0.2) is 5.65 Å². The third-order valence-electron chi connectivity index (χ3n) is 7.02. The Balaban J connectivity index is 1.62. The van der Waals surface area contributed by atoms with E-state index in [1.165, 1.54) is 26.3 Å². The molecule has 9 nitrogen and oxygen atoms in total. The number of rotatable bonds is 6. The van der Waals surface area contributed by atoms with Crippen LogP contribution in [0.2, 0.25) is 0 Å². The summed E-state index contributed by atoms with van der Waals surface area (Å²) < 4.78 is 28.1. The maximum Gasteiger partial charge on any atom is 0.413 e. The zero-order chi connectivity index (χ0) is 27.5. The third kappa shape index (κ3) is 5.26. The van der Waals surface area contributed by atoms with Gasteiger partial charge in [0.05, 0.1) is 42.3 Å². The number of methoxy groups -OCH3 is 1. The second-order valence-corrected chi connectivity index (χ2v) is 9.70. The van der Waals surface area contributed by atoms with Crippen molar-refractivity contribution in [1.82, 2.24) is 19.3 Å². The topological polar surface area (TPSA) is 96.0 Å². The normalized spacial score (nSPS) is 15.6. The van der Waals surface area contributed by atoms with Crippen LogP contribution in [0.3, 0.4) is 0 Å². The molecule has 0 aliphatic carbocycles. The van der Waals surface area contributed by atoms with Gasteiger partial charge in [0.1, 0.15) is 5.82 Å². The van der Waals surface area contributed by atoms with Crippen LogP contribution in [0.4, 0.5) is 14.9 Å². The number of likely N-dealkylation sites (tertiary alicyclic amines) is 1. The molecule has 0 spiro atoms. The van der Waals surface area contributed by atoms with Crippen molar-refractivity contribution in [1.29, 1.82) is 5.26 Å². The van der Waals surface area contributed by atoms with E-state index in [1.807, 2.05) is 0 Å². The van der Waals surface area contributed by atoms with Gasteiger partial charge in [-0.05, 0) is 56.3 Å². The van der Waals surface area contributed by atoms with Gasteiger partial charge in [-0.3, -0.25) is 9.30 Å². The molecule has 39 heavy (non-hydrogen) atoms. The third-order valence-corrected chi connectivity index (χ3v) is 7.02. The van der Waals surface area contributed by atoms with Gasteiger partial charge in [-0.2, -0.15) is 10.2 Å². The van der Waals surface area contributed by atoms with Gasteiger partial charge >= 0.3 is 12.1 Å². The number of amides is 1. The van der Waals surface area contributed by atoms with Gasteiger partial charge in [0, 0.05) is 37.5 Å². The quantitative estimate of drug-likeness (QED) is 0.348. The first-order chi connectivity index (χ1) is 18.9. The Hall–Kier alpha value is -4.49. The van der Waals surface area contributed by atoms with E-state index in [4.69, 9.17) is 14.5 Å². The fourth-order valence-electron chi connectivity index (χ4n) is 5.00. The number of hydrogen-bond acceptors (Lipinski definition) is 7. The van der Waals surface area contributed by atoms with E-state index >= 15 is 4.39 Å². The van der Waals surface area contributed by atoms with Crippen molar-refractivity contribution >= 4 is 17.4 Å². The minimum atomic E-state index is -0.678. The number of carbonyl (C=O) groups is 1. The van der Waals surface area contributed by atoms with E-state index in [2.05, 4.69) is 23.0 Å². The lowest BCUT2D eigenvalue weighted by atomic mass is 9.98. The summed E-state index contributed by atoms with van der Waals surface area (Å²) in [6.07, 6.45) is 4.96. The summed E-state index contributed by atoms with van der Waals surface area (Å²) in [6.45, 7) is 2.56. The van der Waals surface area contributed by atoms with E-state index in [1.54, 1.807) is 47.1 Å². The Labute approximate surface area is 226 Å². The highest BCUT2D eigenvalue weighted by Gasteiger charge is 2.23. The van der Waals surface area contributed by atoms with Gasteiger partial charge < -0.3 is 14.4 Å². The Bertz CT molecular complexity index is 1550. The van der Waals surface area contributed by atoms with Crippen molar-refractivity contribution in [2.75, 3.05) is 45.8 Å². The highest BCUT2D eigenvalue weighted by Crippen LogP contribution is 2.37. The molecule has 3 heterocycles. The summed E-state index contributed by atoms with van der Waals surface area (Å²) in [5, 5.41) is 9.28. The fraction of sp³-hybridized carbons (Fsp3) is 0.310. The van der Waals surface area contributed by atoms with Crippen LogP contribution in [0.1, 0.15) is 18.4 Å². The molecule has 1 amide bonds. The van der Waals surface area contributed by atoms with Crippen LogP contribution in [0, 0.1) is 23.1 Å². The van der Waals surface area contributed by atoms with Crippen molar-refractivity contribution in [2.45, 2.75) is 12.8 Å². The average Bonchev–Trinajstić information content (AvgIpc) is 3.45. The molecule has 0 unspecified atom stereocenters. The molecule has 4 aromatic rings. The first kappa shape index (κ1) is 26.1. The number of hydrogen-bond donors (Lipinski definition) is 0. The molecule has 5 rings (SSSR count). The molecule has 0 saturated carbocycles. The molecule has 2 aromatic carbocycles. The van der Waals surface area contributed by atoms with Gasteiger partial charge in [-0.15, -0.1) is 0 Å². The number of fused-ring (bicyclic) bond motifs is 1. The minimum Gasteiger partial charge on any atom is -0.464 e. The van der Waals surface area contributed by atoms with Gasteiger partial charge in [0.25, 0.3) is 0 Å². The largest absolute Gasteiger partial charge is 0.464 e. The van der Waals surface area contributed by atoms with Gasteiger partial charge in [-0.25, -0.2) is 14.2 Å². The molecule has 1 aliphatic rings. The molecule has 10 heteroatoms. The van der Waals surface area contributed by atoms with Crippen molar-refractivity contribution in [2.24, 2.45) is 5.92 Å². The maximum absolute atomic E-state index is 15.3. The number of benzene rings is 2. The number of nitrogens with zero attached hydrogens (tertiary/aromatic N) is 6. The second-order valence-electron chi connectivity index (χ2n) is 9.70. The molecule has 1 atom stereocenters. The Morgan fingerprint density at radius 3 is 2.69 bits per heavy atom. The van der Waals surface area contributed by atoms with Crippen molar-refractivity contribution in [3.8, 4) is 34.5 Å². The number of ether oxygens (including phenoxy) is 2. The van der Waals surface area contributed by atoms with Crippen LogP contribution < -0.4 is 9.64 Å². The van der Waals surface area contributed by atoms with E-state index < -0.39 is 11.9 Å². The van der Waals surface area contributed by atoms with Crippen molar-refractivity contribution in [3.05, 3.63) is 66.2 Å². The van der Waals surface area contributed by atoms with Crippen LogP contribution in [0.15, 0.2) is 54.9 Å². The molecule has 2 aromatic heterocycles. The molecule has 200 valence electrons. The number of imidazole rings is 1. The van der Waals surface area contributed by atoms with Crippen LogP contribution in [-0.4, -0.2) is 66.3 Å². The monoisotopic (exact) mass is 528 g/mol. The Morgan fingerprint density at radius 2 is 2.00 bits per heavy atom. The van der Waals surface area contributed by atoms with E-state index in [9.17, 15) is 10.1 Å². The minimum absolute atomic E-state index is 0.0789. The maximum atomic E-state index is 15.3. The smallest absolute Gasteiger partial charge is 0.413 e. The predicted molar refractivity (Wildman–Crippen MR) is 145 cm³/mol.